The van der Waals surface area contributed by atoms with E-state index in [0.29, 0.717) is 6.42 Å². The van der Waals surface area contributed by atoms with Crippen molar-refractivity contribution in [3.05, 3.63) is 0 Å². The van der Waals surface area contributed by atoms with E-state index in [1.54, 1.807) is 0 Å². The topological polar surface area (TPSA) is 108 Å². The summed E-state index contributed by atoms with van der Waals surface area (Å²) in [6, 6.07) is -0.755. The molecule has 1 saturated heterocycles. The van der Waals surface area contributed by atoms with Gasteiger partial charge in [0, 0.05) is 0 Å². The number of hydrogen-bond donors (Lipinski definition) is 3. The lowest BCUT2D eigenvalue weighted by molar-refractivity contribution is -0.138. The van der Waals surface area contributed by atoms with E-state index in [4.69, 9.17) is 16.3 Å². The molecule has 1 heterocycles. The molecule has 2 amide bonds. The Bertz CT molecular complexity index is 441. The summed E-state index contributed by atoms with van der Waals surface area (Å²) in [6.07, 6.45) is 3.33. The van der Waals surface area contributed by atoms with E-state index in [1.165, 1.54) is 0 Å². The fourth-order valence-electron chi connectivity index (χ4n) is 1.72. The molecule has 0 spiro atoms. The van der Waals surface area contributed by atoms with Crippen molar-refractivity contribution in [2.75, 3.05) is 6.54 Å². The van der Waals surface area contributed by atoms with Gasteiger partial charge in [-0.15, -0.1) is 6.42 Å². The van der Waals surface area contributed by atoms with E-state index in [0.717, 1.165) is 0 Å². The zero-order valence-electron chi connectivity index (χ0n) is 11.4. The molecule has 0 bridgehead atoms. The predicted octanol–water partition coefficient (Wildman–Crippen LogP) is -0.881. The first-order chi connectivity index (χ1) is 9.36. The number of epoxide rings is 1. The maximum Gasteiger partial charge on any atom is 0.336 e. The lowest BCUT2D eigenvalue weighted by atomic mass is 10.0. The molecule has 3 unspecified atom stereocenters. The Hall–Kier alpha value is -2.07. The van der Waals surface area contributed by atoms with Gasteiger partial charge in [-0.25, -0.2) is 4.79 Å². The van der Waals surface area contributed by atoms with E-state index < -0.39 is 36.0 Å². The van der Waals surface area contributed by atoms with Crippen LogP contribution in [0.5, 0.6) is 0 Å². The molecule has 7 nitrogen and oxygen atoms in total. The standard InChI is InChI=1S/C13H18N2O5/c1-4-5-14-11(16)8(6-7(2)3)15-12(17)9-10(20-9)13(18)19/h1,7-10H,5-6H2,2-3H3,(H,14,16)(H,15,17)(H,18,19). The lowest BCUT2D eigenvalue weighted by Gasteiger charge is -2.19. The first-order valence-corrected chi connectivity index (χ1v) is 6.26. The van der Waals surface area contributed by atoms with Crippen molar-refractivity contribution in [2.45, 2.75) is 38.5 Å². The van der Waals surface area contributed by atoms with Gasteiger partial charge in [0.2, 0.25) is 5.91 Å². The highest BCUT2D eigenvalue weighted by Crippen LogP contribution is 2.22. The third kappa shape index (κ3) is 4.55. The molecule has 0 aromatic rings. The third-order valence-corrected chi connectivity index (χ3v) is 2.70. The molecular weight excluding hydrogens is 264 g/mol. The van der Waals surface area contributed by atoms with Gasteiger partial charge in [-0.1, -0.05) is 19.8 Å². The largest absolute Gasteiger partial charge is 0.479 e. The molecule has 3 N–H and O–H groups in total. The van der Waals surface area contributed by atoms with Crippen LogP contribution in [0.4, 0.5) is 0 Å². The highest BCUT2D eigenvalue weighted by Gasteiger charge is 2.51. The second kappa shape index (κ2) is 6.91. The van der Waals surface area contributed by atoms with Gasteiger partial charge in [-0.3, -0.25) is 9.59 Å². The predicted molar refractivity (Wildman–Crippen MR) is 69.5 cm³/mol. The summed E-state index contributed by atoms with van der Waals surface area (Å²) in [5.41, 5.74) is 0. The molecule has 1 fully saturated rings. The highest BCUT2D eigenvalue weighted by atomic mass is 16.6. The van der Waals surface area contributed by atoms with Crippen molar-refractivity contribution in [3.8, 4) is 12.3 Å². The van der Waals surface area contributed by atoms with Gasteiger partial charge >= 0.3 is 5.97 Å². The minimum atomic E-state index is -1.19. The molecule has 110 valence electrons. The number of aliphatic carboxylic acids is 1. The molecule has 1 rings (SSSR count). The maximum absolute atomic E-state index is 11.9. The number of amides is 2. The Kier molecular flexibility index (Phi) is 5.53. The second-order valence-electron chi connectivity index (χ2n) is 4.93. The molecule has 0 aromatic carbocycles. The number of carbonyl (C=O) groups is 3. The summed E-state index contributed by atoms with van der Waals surface area (Å²) >= 11 is 0. The molecule has 1 aliphatic heterocycles. The normalized spacial score (nSPS) is 21.7. The van der Waals surface area contributed by atoms with Gasteiger partial charge in [0.25, 0.3) is 5.91 Å². The van der Waals surface area contributed by atoms with Crippen molar-refractivity contribution in [1.29, 1.82) is 0 Å². The van der Waals surface area contributed by atoms with Crippen molar-refractivity contribution in [2.24, 2.45) is 5.92 Å². The summed E-state index contributed by atoms with van der Waals surface area (Å²) in [7, 11) is 0. The van der Waals surface area contributed by atoms with E-state index in [-0.39, 0.29) is 12.5 Å². The number of carboxylic acid groups (broad SMARTS) is 1. The van der Waals surface area contributed by atoms with Crippen molar-refractivity contribution >= 4 is 17.8 Å². The lowest BCUT2D eigenvalue weighted by Crippen LogP contribution is -2.49. The molecule has 0 aromatic heterocycles. The van der Waals surface area contributed by atoms with E-state index in [9.17, 15) is 14.4 Å². The Balaban J connectivity index is 2.56. The van der Waals surface area contributed by atoms with Crippen LogP contribution >= 0.6 is 0 Å². The van der Waals surface area contributed by atoms with Gasteiger partial charge < -0.3 is 20.5 Å². The van der Waals surface area contributed by atoms with Crippen LogP contribution in [0.3, 0.4) is 0 Å². The van der Waals surface area contributed by atoms with Crippen LogP contribution in [-0.4, -0.2) is 47.7 Å². The number of terminal acetylenes is 1. The minimum Gasteiger partial charge on any atom is -0.479 e. The Morgan fingerprint density at radius 3 is 2.45 bits per heavy atom. The van der Waals surface area contributed by atoms with Crippen LogP contribution in [0.1, 0.15) is 20.3 Å². The quantitative estimate of drug-likeness (QED) is 0.415. The average Bonchev–Trinajstić information content (AvgIpc) is 3.14. The third-order valence-electron chi connectivity index (χ3n) is 2.70. The Morgan fingerprint density at radius 2 is 2.00 bits per heavy atom. The van der Waals surface area contributed by atoms with Crippen LogP contribution in [-0.2, 0) is 19.1 Å². The van der Waals surface area contributed by atoms with Crippen molar-refractivity contribution in [1.82, 2.24) is 10.6 Å². The number of ether oxygens (including phenoxy) is 1. The van der Waals surface area contributed by atoms with Crippen LogP contribution in [0.25, 0.3) is 0 Å². The summed E-state index contributed by atoms with van der Waals surface area (Å²) in [4.78, 5) is 34.2. The summed E-state index contributed by atoms with van der Waals surface area (Å²) in [5, 5.41) is 13.7. The van der Waals surface area contributed by atoms with E-state index in [2.05, 4.69) is 16.6 Å². The maximum atomic E-state index is 11.9. The molecule has 20 heavy (non-hydrogen) atoms. The molecule has 0 radical (unpaired) electrons. The average molecular weight is 282 g/mol. The molecule has 7 heteroatoms. The van der Waals surface area contributed by atoms with Gasteiger partial charge in [0.05, 0.1) is 6.54 Å². The molecule has 1 aliphatic rings. The highest BCUT2D eigenvalue weighted by molar-refractivity contribution is 5.95. The van der Waals surface area contributed by atoms with E-state index >= 15 is 0 Å². The van der Waals surface area contributed by atoms with Crippen LogP contribution < -0.4 is 10.6 Å². The SMILES string of the molecule is C#CCNC(=O)C(CC(C)C)NC(=O)C1OC1C(=O)O. The number of nitrogens with one attached hydrogen (secondary N) is 2. The zero-order chi connectivity index (χ0) is 15.3. The Labute approximate surface area is 117 Å². The summed E-state index contributed by atoms with van der Waals surface area (Å²) in [5.74, 6) is 0.262. The summed E-state index contributed by atoms with van der Waals surface area (Å²) < 4.78 is 4.73. The number of carbonyl (C=O) groups excluding carboxylic acids is 2. The van der Waals surface area contributed by atoms with Crippen LogP contribution in [0, 0.1) is 18.3 Å². The Morgan fingerprint density at radius 1 is 1.35 bits per heavy atom. The summed E-state index contributed by atoms with van der Waals surface area (Å²) in [6.45, 7) is 3.88. The van der Waals surface area contributed by atoms with Crippen LogP contribution in [0.15, 0.2) is 0 Å². The molecule has 0 saturated carbocycles. The van der Waals surface area contributed by atoms with E-state index in [1.807, 2.05) is 13.8 Å². The number of rotatable bonds is 7. The molecular formula is C13H18N2O5. The second-order valence-corrected chi connectivity index (χ2v) is 4.93. The first kappa shape index (κ1) is 16.0. The van der Waals surface area contributed by atoms with Crippen molar-refractivity contribution < 1.29 is 24.2 Å². The first-order valence-electron chi connectivity index (χ1n) is 6.26. The van der Waals surface area contributed by atoms with Gasteiger partial charge in [0.15, 0.2) is 12.2 Å². The van der Waals surface area contributed by atoms with Gasteiger partial charge in [0.1, 0.15) is 6.04 Å². The smallest absolute Gasteiger partial charge is 0.336 e. The number of carboxylic acids is 1. The zero-order valence-corrected chi connectivity index (χ0v) is 11.4. The van der Waals surface area contributed by atoms with Gasteiger partial charge in [-0.05, 0) is 12.3 Å². The van der Waals surface area contributed by atoms with Gasteiger partial charge in [-0.2, -0.15) is 0 Å². The molecule has 3 atom stereocenters. The van der Waals surface area contributed by atoms with Crippen molar-refractivity contribution in [3.63, 3.8) is 0 Å². The fraction of sp³-hybridized carbons (Fsp3) is 0.615. The number of hydrogen-bond acceptors (Lipinski definition) is 4. The molecule has 0 aliphatic carbocycles. The van der Waals surface area contributed by atoms with Crippen LogP contribution in [0.2, 0.25) is 0 Å². The monoisotopic (exact) mass is 282 g/mol. The fourth-order valence-corrected chi connectivity index (χ4v) is 1.72. The minimum absolute atomic E-state index is 0.0704.